The zero-order valence-electron chi connectivity index (χ0n) is 12.1. The van der Waals surface area contributed by atoms with Crippen molar-refractivity contribution in [3.05, 3.63) is 41.2 Å². The van der Waals surface area contributed by atoms with Crippen molar-refractivity contribution >= 4 is 17.7 Å². The van der Waals surface area contributed by atoms with E-state index in [9.17, 15) is 4.79 Å². The van der Waals surface area contributed by atoms with E-state index in [2.05, 4.69) is 10.3 Å². The summed E-state index contributed by atoms with van der Waals surface area (Å²) in [6, 6.07) is 8.15. The maximum atomic E-state index is 11.8. The van der Waals surface area contributed by atoms with Crippen LogP contribution in [-0.2, 0) is 17.8 Å². The topological polar surface area (TPSA) is 83.0 Å². The van der Waals surface area contributed by atoms with Gasteiger partial charge in [-0.1, -0.05) is 17.3 Å². The molecule has 2 rings (SSSR count). The van der Waals surface area contributed by atoms with Crippen molar-refractivity contribution in [3.8, 4) is 0 Å². The van der Waals surface area contributed by atoms with Crippen LogP contribution in [0.5, 0.6) is 0 Å². The number of carbonyl (C=O) groups excluding carboxylic acids is 1. The number of thioether (sulfide) groups is 1. The van der Waals surface area contributed by atoms with Gasteiger partial charge in [0.1, 0.15) is 0 Å². The highest BCUT2D eigenvalue weighted by atomic mass is 32.2. The van der Waals surface area contributed by atoms with Crippen molar-refractivity contribution in [2.45, 2.75) is 24.9 Å². The highest BCUT2D eigenvalue weighted by Gasteiger charge is 2.19. The molecule has 0 saturated heterocycles. The van der Waals surface area contributed by atoms with E-state index in [1.807, 2.05) is 30.5 Å². The third-order valence-electron chi connectivity index (χ3n) is 2.99. The van der Waals surface area contributed by atoms with Gasteiger partial charge in [0.25, 0.3) is 0 Å². The molecule has 0 atom stereocenters. The number of ether oxygens (including phenoxy) is 1. The fourth-order valence-electron chi connectivity index (χ4n) is 1.92. The fourth-order valence-corrected chi connectivity index (χ4v) is 2.33. The summed E-state index contributed by atoms with van der Waals surface area (Å²) in [6.07, 6.45) is 2.03. The Bertz CT molecular complexity index is 610. The number of rotatable bonds is 6. The smallest absolute Gasteiger partial charge is 0.360 e. The summed E-state index contributed by atoms with van der Waals surface area (Å²) in [4.78, 5) is 13.0. The average Bonchev–Trinajstić information content (AvgIpc) is 2.91. The molecule has 1 aromatic carbocycles. The molecule has 1 heterocycles. The lowest BCUT2D eigenvalue weighted by Gasteiger charge is -2.06. The second-order valence-corrected chi connectivity index (χ2v) is 5.19. The van der Waals surface area contributed by atoms with Crippen LogP contribution in [0.1, 0.15) is 28.7 Å². The fraction of sp³-hybridized carbons (Fsp3) is 0.357. The Kier molecular flexibility index (Phi) is 5.35. The zero-order valence-corrected chi connectivity index (χ0v) is 12.9. The minimum absolute atomic E-state index is 0.185. The highest BCUT2D eigenvalue weighted by molar-refractivity contribution is 7.98. The second kappa shape index (κ2) is 7.24. The molecule has 0 aliphatic heterocycles. The van der Waals surface area contributed by atoms with E-state index >= 15 is 0 Å². The lowest BCUT2D eigenvalue weighted by Crippen LogP contribution is -2.14. The summed E-state index contributed by atoms with van der Waals surface area (Å²) in [6.45, 7) is 2.75. The molecule has 112 valence electrons. The number of benzene rings is 1. The Morgan fingerprint density at radius 1 is 1.38 bits per heavy atom. The monoisotopic (exact) mass is 306 g/mol. The van der Waals surface area contributed by atoms with Crippen molar-refractivity contribution in [1.82, 2.24) is 15.0 Å². The number of nitrogens with two attached hydrogens (primary N) is 1. The second-order valence-electron chi connectivity index (χ2n) is 4.32. The Balaban J connectivity index is 2.21. The van der Waals surface area contributed by atoms with Gasteiger partial charge in [-0.3, -0.25) is 0 Å². The highest BCUT2D eigenvalue weighted by Crippen LogP contribution is 2.16. The maximum Gasteiger partial charge on any atom is 0.360 e. The molecule has 2 aromatic rings. The molecule has 0 fully saturated rings. The summed E-state index contributed by atoms with van der Waals surface area (Å²) < 4.78 is 6.59. The van der Waals surface area contributed by atoms with Crippen molar-refractivity contribution in [2.75, 3.05) is 12.9 Å². The minimum atomic E-state index is -0.484. The zero-order chi connectivity index (χ0) is 15.2. The summed E-state index contributed by atoms with van der Waals surface area (Å²) >= 11 is 1.69. The van der Waals surface area contributed by atoms with Crippen molar-refractivity contribution < 1.29 is 9.53 Å². The maximum absolute atomic E-state index is 11.8. The molecule has 7 heteroatoms. The molecular weight excluding hydrogens is 288 g/mol. The van der Waals surface area contributed by atoms with E-state index in [0.29, 0.717) is 18.8 Å². The molecule has 0 unspecified atom stereocenters. The van der Waals surface area contributed by atoms with Crippen LogP contribution in [0.25, 0.3) is 0 Å². The minimum Gasteiger partial charge on any atom is -0.461 e. The van der Waals surface area contributed by atoms with Crippen LogP contribution in [0.15, 0.2) is 29.2 Å². The van der Waals surface area contributed by atoms with Crippen LogP contribution in [0.2, 0.25) is 0 Å². The van der Waals surface area contributed by atoms with Crippen molar-refractivity contribution in [2.24, 2.45) is 5.73 Å². The molecule has 21 heavy (non-hydrogen) atoms. The van der Waals surface area contributed by atoms with Crippen LogP contribution < -0.4 is 5.73 Å². The first-order chi connectivity index (χ1) is 10.2. The molecule has 0 spiro atoms. The van der Waals surface area contributed by atoms with Crippen LogP contribution in [0.3, 0.4) is 0 Å². The third-order valence-corrected chi connectivity index (χ3v) is 3.73. The van der Waals surface area contributed by atoms with Gasteiger partial charge in [0, 0.05) is 11.4 Å². The van der Waals surface area contributed by atoms with Crippen molar-refractivity contribution in [3.63, 3.8) is 0 Å². The van der Waals surface area contributed by atoms with E-state index in [0.717, 1.165) is 5.56 Å². The molecule has 0 aliphatic rings. The molecule has 0 aliphatic carbocycles. The summed E-state index contributed by atoms with van der Waals surface area (Å²) in [5.74, 6) is -0.484. The molecule has 0 bridgehead atoms. The van der Waals surface area contributed by atoms with E-state index in [1.165, 1.54) is 4.90 Å². The molecule has 1 aromatic heterocycles. The number of carbonyl (C=O) groups is 1. The van der Waals surface area contributed by atoms with Gasteiger partial charge in [-0.25, -0.2) is 9.48 Å². The van der Waals surface area contributed by atoms with Gasteiger partial charge in [-0.15, -0.1) is 16.9 Å². The SMILES string of the molecule is CCOC(=O)c1nnn(Cc2ccc(SC)cc2)c1CN. The lowest BCUT2D eigenvalue weighted by molar-refractivity contribution is 0.0518. The summed E-state index contributed by atoms with van der Waals surface area (Å²) in [5, 5.41) is 7.90. The Labute approximate surface area is 127 Å². The van der Waals surface area contributed by atoms with E-state index in [-0.39, 0.29) is 12.2 Å². The molecule has 0 amide bonds. The van der Waals surface area contributed by atoms with Crippen LogP contribution in [0.4, 0.5) is 0 Å². The first-order valence-electron chi connectivity index (χ1n) is 6.62. The molecule has 0 radical (unpaired) electrons. The predicted octanol–water partition coefficient (Wildman–Crippen LogP) is 1.68. The number of hydrogen-bond donors (Lipinski definition) is 1. The van der Waals surface area contributed by atoms with Gasteiger partial charge in [-0.2, -0.15) is 0 Å². The molecule has 6 nitrogen and oxygen atoms in total. The van der Waals surface area contributed by atoms with Gasteiger partial charge in [0.05, 0.1) is 18.8 Å². The number of esters is 1. The summed E-state index contributed by atoms with van der Waals surface area (Å²) in [5.41, 5.74) is 7.57. The van der Waals surface area contributed by atoms with Crippen LogP contribution in [-0.4, -0.2) is 33.8 Å². The number of aromatic nitrogens is 3. The van der Waals surface area contributed by atoms with Gasteiger partial charge in [0.15, 0.2) is 5.69 Å². The quantitative estimate of drug-likeness (QED) is 0.646. The van der Waals surface area contributed by atoms with Crippen molar-refractivity contribution in [1.29, 1.82) is 0 Å². The van der Waals surface area contributed by atoms with Crippen LogP contribution >= 0.6 is 11.8 Å². The predicted molar refractivity (Wildman–Crippen MR) is 81.2 cm³/mol. The first-order valence-corrected chi connectivity index (χ1v) is 7.84. The molecule has 2 N–H and O–H groups in total. The Morgan fingerprint density at radius 3 is 2.67 bits per heavy atom. The normalized spacial score (nSPS) is 10.6. The molecular formula is C14H18N4O2S. The van der Waals surface area contributed by atoms with E-state index < -0.39 is 5.97 Å². The van der Waals surface area contributed by atoms with Crippen LogP contribution in [0, 0.1) is 0 Å². The Hall–Kier alpha value is -1.86. The molecule has 0 saturated carbocycles. The third kappa shape index (κ3) is 3.62. The van der Waals surface area contributed by atoms with Gasteiger partial charge in [-0.05, 0) is 30.9 Å². The average molecular weight is 306 g/mol. The standard InChI is InChI=1S/C14H18N4O2S/c1-3-20-14(19)13-12(8-15)18(17-16-13)9-10-4-6-11(21-2)7-5-10/h4-7H,3,8-9,15H2,1-2H3. The lowest BCUT2D eigenvalue weighted by atomic mass is 10.2. The first kappa shape index (κ1) is 15.5. The Morgan fingerprint density at radius 2 is 2.10 bits per heavy atom. The van der Waals surface area contributed by atoms with Gasteiger partial charge in [0.2, 0.25) is 0 Å². The van der Waals surface area contributed by atoms with Gasteiger partial charge >= 0.3 is 5.97 Å². The van der Waals surface area contributed by atoms with Gasteiger partial charge < -0.3 is 10.5 Å². The number of hydrogen-bond acceptors (Lipinski definition) is 6. The van der Waals surface area contributed by atoms with E-state index in [4.69, 9.17) is 10.5 Å². The number of nitrogens with zero attached hydrogens (tertiary/aromatic N) is 3. The summed E-state index contributed by atoms with van der Waals surface area (Å²) in [7, 11) is 0. The van der Waals surface area contributed by atoms with E-state index in [1.54, 1.807) is 23.4 Å². The largest absolute Gasteiger partial charge is 0.461 e.